The molecule has 20 heavy (non-hydrogen) atoms. The van der Waals surface area contributed by atoms with Gasteiger partial charge in [0.15, 0.2) is 0 Å². The number of carboxylic acid groups (broad SMARTS) is 1. The number of aromatic carboxylic acids is 1. The van der Waals surface area contributed by atoms with Gasteiger partial charge < -0.3 is 10.0 Å². The molecule has 2 aliphatic rings. The summed E-state index contributed by atoms with van der Waals surface area (Å²) in [5.41, 5.74) is 0.810. The zero-order valence-corrected chi connectivity index (χ0v) is 11.4. The molecule has 2 atom stereocenters. The lowest BCUT2D eigenvalue weighted by Gasteiger charge is -2.22. The second-order valence-electron chi connectivity index (χ2n) is 5.90. The fraction of sp³-hybridized carbons (Fsp3) is 0.500. The van der Waals surface area contributed by atoms with Crippen LogP contribution in [0.25, 0.3) is 0 Å². The highest BCUT2D eigenvalue weighted by Crippen LogP contribution is 2.36. The van der Waals surface area contributed by atoms with Crippen molar-refractivity contribution >= 4 is 11.9 Å². The first-order valence-electron chi connectivity index (χ1n) is 7.28. The van der Waals surface area contributed by atoms with E-state index in [9.17, 15) is 9.59 Å². The molecule has 1 aliphatic carbocycles. The van der Waals surface area contributed by atoms with Crippen molar-refractivity contribution in [2.24, 2.45) is 11.8 Å². The van der Waals surface area contributed by atoms with Crippen LogP contribution in [0, 0.1) is 11.8 Å². The molecule has 1 aliphatic heterocycles. The van der Waals surface area contributed by atoms with Crippen molar-refractivity contribution in [3.63, 3.8) is 0 Å². The van der Waals surface area contributed by atoms with Crippen LogP contribution in [0.2, 0.25) is 0 Å². The van der Waals surface area contributed by atoms with Crippen LogP contribution < -0.4 is 0 Å². The molecule has 2 unspecified atom stereocenters. The molecule has 1 amide bonds. The number of nitrogens with zero attached hydrogens (tertiary/aromatic N) is 1. The minimum Gasteiger partial charge on any atom is -0.478 e. The van der Waals surface area contributed by atoms with E-state index < -0.39 is 5.97 Å². The molecule has 1 saturated carbocycles. The lowest BCUT2D eigenvalue weighted by molar-refractivity contribution is 0.0695. The van der Waals surface area contributed by atoms with Crippen LogP contribution in [0.15, 0.2) is 24.3 Å². The fourth-order valence-corrected chi connectivity index (χ4v) is 3.51. The number of amides is 1. The maximum Gasteiger partial charge on any atom is 0.335 e. The van der Waals surface area contributed by atoms with Crippen molar-refractivity contribution in [3.8, 4) is 0 Å². The first-order valence-corrected chi connectivity index (χ1v) is 7.28. The Bertz CT molecular complexity index is 509. The first-order chi connectivity index (χ1) is 9.65. The summed E-state index contributed by atoms with van der Waals surface area (Å²) in [5.74, 6) is 0.421. The van der Waals surface area contributed by atoms with E-state index in [0.29, 0.717) is 17.4 Å². The Morgan fingerprint density at radius 1 is 0.950 bits per heavy atom. The van der Waals surface area contributed by atoms with Gasteiger partial charge in [-0.25, -0.2) is 4.79 Å². The van der Waals surface area contributed by atoms with E-state index >= 15 is 0 Å². The molecule has 4 nitrogen and oxygen atoms in total. The average Bonchev–Trinajstić information content (AvgIpc) is 2.90. The molecule has 0 aromatic heterocycles. The Labute approximate surface area is 118 Å². The van der Waals surface area contributed by atoms with Gasteiger partial charge in [0.1, 0.15) is 0 Å². The first kappa shape index (κ1) is 13.2. The summed E-state index contributed by atoms with van der Waals surface area (Å²) in [6.07, 6.45) is 5.06. The van der Waals surface area contributed by atoms with Crippen molar-refractivity contribution < 1.29 is 14.7 Å². The van der Waals surface area contributed by atoms with Crippen molar-refractivity contribution in [1.29, 1.82) is 0 Å². The fourth-order valence-electron chi connectivity index (χ4n) is 3.51. The maximum atomic E-state index is 12.4. The van der Waals surface area contributed by atoms with E-state index in [1.807, 2.05) is 4.90 Å². The van der Waals surface area contributed by atoms with Crippen LogP contribution in [0.5, 0.6) is 0 Å². The number of carbonyl (C=O) groups is 2. The molecule has 1 saturated heterocycles. The van der Waals surface area contributed by atoms with E-state index in [2.05, 4.69) is 0 Å². The summed E-state index contributed by atoms with van der Waals surface area (Å²) < 4.78 is 0. The quantitative estimate of drug-likeness (QED) is 0.901. The summed E-state index contributed by atoms with van der Waals surface area (Å²) in [4.78, 5) is 25.2. The smallest absolute Gasteiger partial charge is 0.335 e. The molecule has 1 N–H and O–H groups in total. The number of carboxylic acids is 1. The van der Waals surface area contributed by atoms with E-state index in [-0.39, 0.29) is 11.5 Å². The van der Waals surface area contributed by atoms with Gasteiger partial charge in [0, 0.05) is 18.7 Å². The predicted molar refractivity (Wildman–Crippen MR) is 74.8 cm³/mol. The Morgan fingerprint density at radius 3 is 1.95 bits per heavy atom. The van der Waals surface area contributed by atoms with Gasteiger partial charge in [0.05, 0.1) is 5.56 Å². The number of rotatable bonds is 2. The second-order valence-corrected chi connectivity index (χ2v) is 5.90. The summed E-state index contributed by atoms with van der Waals surface area (Å²) in [6.45, 7) is 1.73. The van der Waals surface area contributed by atoms with E-state index in [0.717, 1.165) is 13.1 Å². The summed E-state index contributed by atoms with van der Waals surface area (Å²) in [6, 6.07) is 6.24. The minimum absolute atomic E-state index is 0.0383. The third-order valence-electron chi connectivity index (χ3n) is 4.64. The number of hydrogen-bond acceptors (Lipinski definition) is 2. The van der Waals surface area contributed by atoms with E-state index in [1.54, 1.807) is 12.1 Å². The van der Waals surface area contributed by atoms with E-state index in [1.165, 1.54) is 37.8 Å². The number of likely N-dealkylation sites (tertiary alicyclic amines) is 1. The lowest BCUT2D eigenvalue weighted by atomic mass is 9.82. The molecular weight excluding hydrogens is 254 g/mol. The van der Waals surface area contributed by atoms with Crippen LogP contribution in [0.1, 0.15) is 46.4 Å². The molecule has 3 rings (SSSR count). The van der Waals surface area contributed by atoms with Crippen molar-refractivity contribution in [2.45, 2.75) is 25.7 Å². The topological polar surface area (TPSA) is 57.6 Å². The monoisotopic (exact) mass is 273 g/mol. The molecule has 106 valence electrons. The van der Waals surface area contributed by atoms with Crippen molar-refractivity contribution in [3.05, 3.63) is 35.4 Å². The predicted octanol–water partition coefficient (Wildman–Crippen LogP) is 2.65. The van der Waals surface area contributed by atoms with Crippen LogP contribution in [-0.4, -0.2) is 35.0 Å². The molecule has 0 bridgehead atoms. The molecule has 1 aromatic rings. The van der Waals surface area contributed by atoms with Gasteiger partial charge >= 0.3 is 5.97 Å². The van der Waals surface area contributed by atoms with Crippen LogP contribution in [0.4, 0.5) is 0 Å². The van der Waals surface area contributed by atoms with Crippen LogP contribution in [-0.2, 0) is 0 Å². The molecule has 0 radical (unpaired) electrons. The van der Waals surface area contributed by atoms with Crippen LogP contribution in [0.3, 0.4) is 0 Å². The number of carbonyl (C=O) groups excluding carboxylic acids is 1. The largest absolute Gasteiger partial charge is 0.478 e. The molecule has 1 heterocycles. The molecule has 4 heteroatoms. The molecule has 1 aromatic carbocycles. The summed E-state index contributed by atoms with van der Waals surface area (Å²) >= 11 is 0. The Balaban J connectivity index is 1.71. The normalized spacial score (nSPS) is 25.3. The second kappa shape index (κ2) is 5.27. The van der Waals surface area contributed by atoms with Crippen molar-refractivity contribution in [2.75, 3.05) is 13.1 Å². The Hall–Kier alpha value is -1.84. The highest BCUT2D eigenvalue weighted by atomic mass is 16.4. The zero-order valence-electron chi connectivity index (χ0n) is 11.4. The van der Waals surface area contributed by atoms with Gasteiger partial charge in [-0.2, -0.15) is 0 Å². The lowest BCUT2D eigenvalue weighted by Crippen LogP contribution is -2.29. The maximum absolute atomic E-state index is 12.4. The highest BCUT2D eigenvalue weighted by molar-refractivity contribution is 5.96. The van der Waals surface area contributed by atoms with Crippen LogP contribution >= 0.6 is 0 Å². The minimum atomic E-state index is -0.962. The standard InChI is InChI=1S/C16H19NO3/c18-15(11-5-7-12(8-6-11)16(19)20)17-9-13-3-1-2-4-14(13)10-17/h5-8,13-14H,1-4,9-10H2,(H,19,20). The van der Waals surface area contributed by atoms with Gasteiger partial charge in [-0.05, 0) is 48.9 Å². The van der Waals surface area contributed by atoms with Gasteiger partial charge in [-0.15, -0.1) is 0 Å². The van der Waals surface area contributed by atoms with Crippen molar-refractivity contribution in [1.82, 2.24) is 4.90 Å². The Kier molecular flexibility index (Phi) is 3.47. The highest BCUT2D eigenvalue weighted by Gasteiger charge is 2.36. The Morgan fingerprint density at radius 2 is 1.45 bits per heavy atom. The molecule has 0 spiro atoms. The van der Waals surface area contributed by atoms with Gasteiger partial charge in [-0.3, -0.25) is 4.79 Å². The summed E-state index contributed by atoms with van der Waals surface area (Å²) in [7, 11) is 0. The number of fused-ring (bicyclic) bond motifs is 1. The van der Waals surface area contributed by atoms with Gasteiger partial charge in [0.25, 0.3) is 5.91 Å². The van der Waals surface area contributed by atoms with E-state index in [4.69, 9.17) is 5.11 Å². The third-order valence-corrected chi connectivity index (χ3v) is 4.64. The van der Waals surface area contributed by atoms with Gasteiger partial charge in [0.2, 0.25) is 0 Å². The molecular formula is C16H19NO3. The number of benzene rings is 1. The number of hydrogen-bond donors (Lipinski definition) is 1. The SMILES string of the molecule is O=C(O)c1ccc(C(=O)N2CC3CCCCC3C2)cc1. The average molecular weight is 273 g/mol. The zero-order chi connectivity index (χ0) is 14.1. The summed E-state index contributed by atoms with van der Waals surface area (Å²) in [5, 5.41) is 8.87. The molecule has 2 fully saturated rings. The van der Waals surface area contributed by atoms with Gasteiger partial charge in [-0.1, -0.05) is 12.8 Å². The third kappa shape index (κ3) is 2.42.